The quantitative estimate of drug-likeness (QED) is 0.763. The van der Waals surface area contributed by atoms with Crippen molar-refractivity contribution in [3.05, 3.63) is 28.6 Å². The number of aromatic nitrogens is 1. The van der Waals surface area contributed by atoms with Gasteiger partial charge in [0.25, 0.3) is 0 Å². The molecule has 1 aromatic rings. The largest absolute Gasteiger partial charge is 0.324 e. The highest BCUT2D eigenvalue weighted by Crippen LogP contribution is 2.44. The maximum absolute atomic E-state index is 6.37. The van der Waals surface area contributed by atoms with E-state index in [2.05, 4.69) is 33.8 Å². The zero-order valence-corrected chi connectivity index (χ0v) is 13.2. The second-order valence-electron chi connectivity index (χ2n) is 8.36. The first-order valence-electron chi connectivity index (χ1n) is 7.71. The molecule has 0 bridgehead atoms. The summed E-state index contributed by atoms with van der Waals surface area (Å²) in [6.45, 7) is 9.14. The van der Waals surface area contributed by atoms with Crippen LogP contribution in [0.5, 0.6) is 0 Å². The molecular weight excluding hydrogens is 246 g/mol. The van der Waals surface area contributed by atoms with Crippen LogP contribution in [0.1, 0.15) is 75.1 Å². The number of nitrogens with two attached hydrogens (primary N) is 2. The van der Waals surface area contributed by atoms with Gasteiger partial charge in [-0.2, -0.15) is 0 Å². The molecule has 3 rings (SSSR count). The van der Waals surface area contributed by atoms with Gasteiger partial charge in [0.15, 0.2) is 0 Å². The number of hydrogen-bond acceptors (Lipinski definition) is 3. The Labute approximate surface area is 122 Å². The minimum atomic E-state index is 0.105. The molecule has 1 heterocycles. The molecule has 3 nitrogen and oxygen atoms in total. The smallest absolute Gasteiger partial charge is 0.0460 e. The summed E-state index contributed by atoms with van der Waals surface area (Å²) in [7, 11) is 0. The van der Waals surface area contributed by atoms with E-state index in [1.807, 2.05) is 0 Å². The van der Waals surface area contributed by atoms with Gasteiger partial charge in [0, 0.05) is 23.5 Å². The molecule has 0 aliphatic heterocycles. The van der Waals surface area contributed by atoms with Crippen molar-refractivity contribution in [1.82, 2.24) is 4.98 Å². The highest BCUT2D eigenvalue weighted by molar-refractivity contribution is 5.38. The van der Waals surface area contributed by atoms with E-state index < -0.39 is 0 Å². The monoisotopic (exact) mass is 273 g/mol. The Balaban J connectivity index is 2.08. The molecule has 2 atom stereocenters. The van der Waals surface area contributed by atoms with Crippen molar-refractivity contribution in [2.75, 3.05) is 0 Å². The van der Waals surface area contributed by atoms with E-state index in [1.54, 1.807) is 0 Å². The molecule has 2 unspecified atom stereocenters. The Morgan fingerprint density at radius 1 is 0.900 bits per heavy atom. The van der Waals surface area contributed by atoms with Gasteiger partial charge in [-0.3, -0.25) is 4.98 Å². The molecule has 0 saturated carbocycles. The molecule has 110 valence electrons. The Morgan fingerprint density at radius 2 is 1.30 bits per heavy atom. The van der Waals surface area contributed by atoms with Crippen LogP contribution in [-0.2, 0) is 12.8 Å². The summed E-state index contributed by atoms with van der Waals surface area (Å²) in [5.74, 6) is 0. The molecule has 0 saturated heterocycles. The lowest BCUT2D eigenvalue weighted by Crippen LogP contribution is -2.34. The molecular formula is C17H27N3. The van der Waals surface area contributed by atoms with Gasteiger partial charge in [-0.05, 0) is 53.7 Å². The summed E-state index contributed by atoms with van der Waals surface area (Å²) in [5.41, 5.74) is 18.1. The van der Waals surface area contributed by atoms with Gasteiger partial charge in [0.2, 0.25) is 0 Å². The van der Waals surface area contributed by atoms with Crippen LogP contribution in [-0.4, -0.2) is 4.98 Å². The molecule has 20 heavy (non-hydrogen) atoms. The third-order valence-corrected chi connectivity index (χ3v) is 4.88. The lowest BCUT2D eigenvalue weighted by atomic mass is 9.70. The predicted octanol–water partition coefficient (Wildman–Crippen LogP) is 3.03. The van der Waals surface area contributed by atoms with Gasteiger partial charge < -0.3 is 11.5 Å². The normalized spacial score (nSPS) is 30.5. The van der Waals surface area contributed by atoms with Crippen LogP contribution in [0.25, 0.3) is 0 Å². The number of rotatable bonds is 0. The maximum atomic E-state index is 6.37. The van der Waals surface area contributed by atoms with Crippen molar-refractivity contribution in [3.63, 3.8) is 0 Å². The first kappa shape index (κ1) is 14.0. The molecule has 0 radical (unpaired) electrons. The van der Waals surface area contributed by atoms with E-state index in [0.717, 1.165) is 25.7 Å². The van der Waals surface area contributed by atoms with Crippen molar-refractivity contribution in [2.24, 2.45) is 22.3 Å². The standard InChI is InChI=1S/C17H27N3/c1-16(2)6-12(18)10-5-11-13(19)7-17(3,4)9-15(11)20-14(10)8-16/h5,12-13H,6-9,18-19H2,1-4H3. The number of nitrogens with zero attached hydrogens (tertiary/aromatic N) is 1. The molecule has 0 amide bonds. The fourth-order valence-corrected chi connectivity index (χ4v) is 4.01. The molecule has 2 aliphatic rings. The van der Waals surface area contributed by atoms with Crippen LogP contribution in [0.2, 0.25) is 0 Å². The summed E-state index contributed by atoms with van der Waals surface area (Å²) in [5, 5.41) is 0. The Hall–Kier alpha value is -0.930. The predicted molar refractivity (Wildman–Crippen MR) is 82.3 cm³/mol. The molecule has 1 aromatic heterocycles. The molecule has 0 aromatic carbocycles. The number of hydrogen-bond donors (Lipinski definition) is 2. The minimum absolute atomic E-state index is 0.105. The van der Waals surface area contributed by atoms with Gasteiger partial charge in [-0.1, -0.05) is 27.7 Å². The molecule has 4 N–H and O–H groups in total. The second kappa shape index (κ2) is 4.28. The zero-order chi connectivity index (χ0) is 14.7. The Morgan fingerprint density at radius 3 is 1.70 bits per heavy atom. The third-order valence-electron chi connectivity index (χ3n) is 4.88. The van der Waals surface area contributed by atoms with Gasteiger partial charge in [0.1, 0.15) is 0 Å². The SMILES string of the molecule is CC1(C)Cc2nc3c(cc2C(N)C1)C(N)CC(C)(C)C3. The van der Waals surface area contributed by atoms with Crippen molar-refractivity contribution in [2.45, 2.75) is 65.5 Å². The fraction of sp³-hybridized carbons (Fsp3) is 0.706. The van der Waals surface area contributed by atoms with Crippen LogP contribution >= 0.6 is 0 Å². The van der Waals surface area contributed by atoms with E-state index in [-0.39, 0.29) is 22.9 Å². The first-order valence-corrected chi connectivity index (χ1v) is 7.71. The number of fused-ring (bicyclic) bond motifs is 2. The summed E-state index contributed by atoms with van der Waals surface area (Å²) in [6.07, 6.45) is 4.11. The minimum Gasteiger partial charge on any atom is -0.324 e. The van der Waals surface area contributed by atoms with Crippen molar-refractivity contribution in [3.8, 4) is 0 Å². The molecule has 2 aliphatic carbocycles. The second-order valence-corrected chi connectivity index (χ2v) is 8.36. The summed E-state index contributed by atoms with van der Waals surface area (Å²) < 4.78 is 0. The van der Waals surface area contributed by atoms with Crippen molar-refractivity contribution < 1.29 is 0 Å². The molecule has 3 heteroatoms. The van der Waals surface area contributed by atoms with Crippen molar-refractivity contribution in [1.29, 1.82) is 0 Å². The third kappa shape index (κ3) is 2.38. The van der Waals surface area contributed by atoms with Gasteiger partial charge >= 0.3 is 0 Å². The molecule has 0 spiro atoms. The van der Waals surface area contributed by atoms with E-state index in [0.29, 0.717) is 0 Å². The van der Waals surface area contributed by atoms with Crippen LogP contribution in [0.4, 0.5) is 0 Å². The van der Waals surface area contributed by atoms with Crippen LogP contribution in [0.3, 0.4) is 0 Å². The van der Waals surface area contributed by atoms with E-state index >= 15 is 0 Å². The summed E-state index contributed by atoms with van der Waals surface area (Å²) >= 11 is 0. The lowest BCUT2D eigenvalue weighted by Gasteiger charge is -2.39. The van der Waals surface area contributed by atoms with Crippen LogP contribution in [0.15, 0.2) is 6.07 Å². The van der Waals surface area contributed by atoms with E-state index in [4.69, 9.17) is 16.5 Å². The molecule has 0 fully saturated rings. The van der Waals surface area contributed by atoms with E-state index in [1.165, 1.54) is 22.5 Å². The lowest BCUT2D eigenvalue weighted by molar-refractivity contribution is 0.265. The topological polar surface area (TPSA) is 64.9 Å². The van der Waals surface area contributed by atoms with Crippen LogP contribution in [0, 0.1) is 10.8 Å². The average Bonchev–Trinajstić information content (AvgIpc) is 2.23. The highest BCUT2D eigenvalue weighted by Gasteiger charge is 2.36. The zero-order valence-electron chi connectivity index (χ0n) is 13.2. The first-order chi connectivity index (χ1) is 9.17. The maximum Gasteiger partial charge on any atom is 0.0460 e. The highest BCUT2D eigenvalue weighted by atomic mass is 14.8. The summed E-state index contributed by atoms with van der Waals surface area (Å²) in [4.78, 5) is 4.99. The van der Waals surface area contributed by atoms with E-state index in [9.17, 15) is 0 Å². The fourth-order valence-electron chi connectivity index (χ4n) is 4.01. The average molecular weight is 273 g/mol. The van der Waals surface area contributed by atoms with Crippen LogP contribution < -0.4 is 11.5 Å². The van der Waals surface area contributed by atoms with Gasteiger partial charge in [-0.25, -0.2) is 0 Å². The Kier molecular flexibility index (Phi) is 3.00. The van der Waals surface area contributed by atoms with Gasteiger partial charge in [0.05, 0.1) is 0 Å². The Bertz CT molecular complexity index is 500. The number of pyridine rings is 1. The van der Waals surface area contributed by atoms with Crippen molar-refractivity contribution >= 4 is 0 Å². The summed E-state index contributed by atoms with van der Waals surface area (Å²) in [6, 6.07) is 2.47. The van der Waals surface area contributed by atoms with Gasteiger partial charge in [-0.15, -0.1) is 0 Å².